The van der Waals surface area contributed by atoms with Gasteiger partial charge in [0.1, 0.15) is 18.7 Å². The SMILES string of the molecule is COc1c2ncnc-2nc(Br)n1C1C[C@H](O)[C@@H](CO)O1. The first-order valence-corrected chi connectivity index (χ1v) is 6.81. The van der Waals surface area contributed by atoms with E-state index in [4.69, 9.17) is 14.6 Å². The summed E-state index contributed by atoms with van der Waals surface area (Å²) in [5.41, 5.74) is 0.515. The lowest BCUT2D eigenvalue weighted by Crippen LogP contribution is -2.24. The third-order valence-corrected chi connectivity index (χ3v) is 3.82. The third-order valence-electron chi connectivity index (χ3n) is 3.26. The largest absolute Gasteiger partial charge is 0.480 e. The number of halogens is 1. The molecule has 0 bridgehead atoms. The minimum Gasteiger partial charge on any atom is -0.480 e. The average molecular weight is 345 g/mol. The van der Waals surface area contributed by atoms with E-state index < -0.39 is 18.4 Å². The van der Waals surface area contributed by atoms with E-state index >= 15 is 0 Å². The van der Waals surface area contributed by atoms with Crippen LogP contribution in [0.5, 0.6) is 5.88 Å². The van der Waals surface area contributed by atoms with Crippen molar-refractivity contribution in [1.82, 2.24) is 19.5 Å². The lowest BCUT2D eigenvalue weighted by atomic mass is 10.2. The fourth-order valence-electron chi connectivity index (χ4n) is 2.31. The van der Waals surface area contributed by atoms with E-state index in [9.17, 15) is 5.11 Å². The molecule has 1 saturated heterocycles. The summed E-state index contributed by atoms with van der Waals surface area (Å²) in [5.74, 6) is 0.900. The van der Waals surface area contributed by atoms with Gasteiger partial charge in [0.2, 0.25) is 5.88 Å². The van der Waals surface area contributed by atoms with Crippen molar-refractivity contribution < 1.29 is 19.7 Å². The van der Waals surface area contributed by atoms with Crippen molar-refractivity contribution in [3.05, 3.63) is 11.1 Å². The second kappa shape index (κ2) is 5.24. The number of nitrogens with zero attached hydrogens (tertiary/aromatic N) is 4. The van der Waals surface area contributed by atoms with Crippen LogP contribution in [0.3, 0.4) is 0 Å². The highest BCUT2D eigenvalue weighted by atomic mass is 79.9. The summed E-state index contributed by atoms with van der Waals surface area (Å²) >= 11 is 3.35. The first kappa shape index (κ1) is 13.7. The van der Waals surface area contributed by atoms with Crippen LogP contribution in [0.4, 0.5) is 0 Å². The maximum absolute atomic E-state index is 9.85. The molecule has 0 amide bonds. The molecule has 3 atom stereocenters. The lowest BCUT2D eigenvalue weighted by molar-refractivity contribution is -0.0475. The van der Waals surface area contributed by atoms with Crippen LogP contribution in [-0.4, -0.2) is 55.7 Å². The number of rotatable bonds is 3. The highest BCUT2D eigenvalue weighted by molar-refractivity contribution is 9.10. The van der Waals surface area contributed by atoms with Crippen LogP contribution in [0.25, 0.3) is 11.5 Å². The molecule has 0 saturated carbocycles. The van der Waals surface area contributed by atoms with Gasteiger partial charge in [0.25, 0.3) is 0 Å². The number of hydrogen-bond acceptors (Lipinski definition) is 7. The Hall–Kier alpha value is -1.29. The molecule has 1 fully saturated rings. The van der Waals surface area contributed by atoms with Gasteiger partial charge in [0, 0.05) is 6.42 Å². The van der Waals surface area contributed by atoms with Gasteiger partial charge in [0.05, 0.1) is 19.8 Å². The molecule has 9 heteroatoms. The fraction of sp³-hybridized carbons (Fsp3) is 0.545. The summed E-state index contributed by atoms with van der Waals surface area (Å²) in [4.78, 5) is 12.4. The van der Waals surface area contributed by atoms with E-state index in [0.717, 1.165) is 0 Å². The topological polar surface area (TPSA) is 103 Å². The second-order valence-corrected chi connectivity index (χ2v) is 5.13. The Balaban J connectivity index is 2.07. The zero-order valence-corrected chi connectivity index (χ0v) is 12.2. The van der Waals surface area contributed by atoms with Crippen LogP contribution in [0.1, 0.15) is 12.6 Å². The van der Waals surface area contributed by atoms with E-state index in [-0.39, 0.29) is 6.61 Å². The summed E-state index contributed by atoms with van der Waals surface area (Å²) < 4.78 is 13.1. The molecule has 1 unspecified atom stereocenters. The highest BCUT2D eigenvalue weighted by Crippen LogP contribution is 2.38. The number of hydrogen-bond donors (Lipinski definition) is 2. The van der Waals surface area contributed by atoms with Gasteiger partial charge < -0.3 is 19.7 Å². The molecule has 20 heavy (non-hydrogen) atoms. The van der Waals surface area contributed by atoms with Crippen molar-refractivity contribution in [3.8, 4) is 17.4 Å². The van der Waals surface area contributed by atoms with Crippen molar-refractivity contribution >= 4 is 15.9 Å². The molecule has 0 radical (unpaired) electrons. The molecular weight excluding hydrogens is 332 g/mol. The van der Waals surface area contributed by atoms with Crippen LogP contribution in [0.15, 0.2) is 11.1 Å². The maximum atomic E-state index is 9.85. The van der Waals surface area contributed by atoms with Crippen molar-refractivity contribution in [1.29, 1.82) is 0 Å². The van der Waals surface area contributed by atoms with Crippen LogP contribution in [0, 0.1) is 0 Å². The van der Waals surface area contributed by atoms with Gasteiger partial charge in [-0.3, -0.25) is 4.57 Å². The normalized spacial score (nSPS) is 26.3. The van der Waals surface area contributed by atoms with Crippen molar-refractivity contribution in [2.75, 3.05) is 13.7 Å². The molecule has 2 N–H and O–H groups in total. The van der Waals surface area contributed by atoms with Crippen LogP contribution in [-0.2, 0) is 4.74 Å². The van der Waals surface area contributed by atoms with Gasteiger partial charge in [-0.25, -0.2) is 15.0 Å². The maximum Gasteiger partial charge on any atom is 0.228 e. The summed E-state index contributed by atoms with van der Waals surface area (Å²) in [6.45, 7) is -0.246. The molecule has 3 rings (SSSR count). The summed E-state index contributed by atoms with van der Waals surface area (Å²) in [6.07, 6.45) is -0.134. The van der Waals surface area contributed by atoms with Crippen LogP contribution in [0.2, 0.25) is 0 Å². The van der Waals surface area contributed by atoms with Crippen molar-refractivity contribution in [2.45, 2.75) is 24.9 Å². The predicted molar refractivity (Wildman–Crippen MR) is 70.3 cm³/mol. The summed E-state index contributed by atoms with van der Waals surface area (Å²) in [5, 5.41) is 19.0. The number of ether oxygens (including phenoxy) is 2. The summed E-state index contributed by atoms with van der Waals surface area (Å²) in [6, 6.07) is 0. The number of methoxy groups -OCH3 is 1. The lowest BCUT2D eigenvalue weighted by Gasteiger charge is -2.21. The van der Waals surface area contributed by atoms with E-state index in [2.05, 4.69) is 30.9 Å². The monoisotopic (exact) mass is 344 g/mol. The molecule has 108 valence electrons. The van der Waals surface area contributed by atoms with Gasteiger partial charge in [-0.2, -0.15) is 0 Å². The number of imidazole rings is 1. The highest BCUT2D eigenvalue weighted by Gasteiger charge is 2.37. The summed E-state index contributed by atoms with van der Waals surface area (Å²) in [7, 11) is 1.52. The van der Waals surface area contributed by atoms with E-state index in [1.807, 2.05) is 0 Å². The fourth-order valence-corrected chi connectivity index (χ4v) is 2.87. The van der Waals surface area contributed by atoms with Gasteiger partial charge in [0.15, 0.2) is 16.3 Å². The molecule has 0 aromatic carbocycles. The Kier molecular flexibility index (Phi) is 3.59. The van der Waals surface area contributed by atoms with Crippen molar-refractivity contribution in [2.24, 2.45) is 0 Å². The Labute approximate surface area is 122 Å². The molecule has 8 nitrogen and oxygen atoms in total. The van der Waals surface area contributed by atoms with E-state index in [1.165, 1.54) is 13.4 Å². The standard InChI is InChI=1S/C11H13BrN4O4/c1-19-10-8-9(14-4-13-8)15-11(12)16(10)7-2-5(18)6(3-17)20-7/h4-7,17-18H,2-3H2,1H3/t5-,6+,7?/m0/s1. The molecule has 3 aliphatic heterocycles. The minimum atomic E-state index is -0.740. The Morgan fingerprint density at radius 3 is 3.00 bits per heavy atom. The Morgan fingerprint density at radius 1 is 1.55 bits per heavy atom. The Bertz CT molecular complexity index is 592. The molecule has 0 spiro atoms. The number of aromatic nitrogens is 4. The van der Waals surface area contributed by atoms with E-state index in [0.29, 0.717) is 28.6 Å². The number of fused-ring (bicyclic) bond motifs is 1. The van der Waals surface area contributed by atoms with Gasteiger partial charge >= 0.3 is 0 Å². The first-order chi connectivity index (χ1) is 9.65. The number of aliphatic hydroxyl groups is 2. The quantitative estimate of drug-likeness (QED) is 0.766. The van der Waals surface area contributed by atoms with Crippen LogP contribution >= 0.6 is 15.9 Å². The number of aliphatic hydroxyl groups excluding tert-OH is 2. The zero-order chi connectivity index (χ0) is 14.3. The molecule has 0 aliphatic carbocycles. The molecule has 0 aromatic heterocycles. The zero-order valence-electron chi connectivity index (χ0n) is 10.6. The first-order valence-electron chi connectivity index (χ1n) is 6.02. The predicted octanol–water partition coefficient (Wildman–Crippen LogP) is 0.190. The van der Waals surface area contributed by atoms with Crippen LogP contribution < -0.4 is 4.74 Å². The smallest absolute Gasteiger partial charge is 0.228 e. The Morgan fingerprint density at radius 2 is 2.35 bits per heavy atom. The van der Waals surface area contributed by atoms with Gasteiger partial charge in [-0.1, -0.05) is 0 Å². The van der Waals surface area contributed by atoms with E-state index in [1.54, 1.807) is 4.57 Å². The van der Waals surface area contributed by atoms with Gasteiger partial charge in [-0.15, -0.1) is 0 Å². The molecule has 3 aliphatic rings. The molecule has 0 aromatic rings. The molecule has 3 heterocycles. The van der Waals surface area contributed by atoms with Crippen molar-refractivity contribution in [3.63, 3.8) is 0 Å². The second-order valence-electron chi connectivity index (χ2n) is 4.42. The molecular formula is C11H13BrN4O4. The van der Waals surface area contributed by atoms with Gasteiger partial charge in [-0.05, 0) is 15.9 Å². The average Bonchev–Trinajstić information content (AvgIpc) is 3.02. The minimum absolute atomic E-state index is 0.246. The third kappa shape index (κ3) is 2.06.